The van der Waals surface area contributed by atoms with Crippen LogP contribution in [-0.2, 0) is 9.53 Å². The van der Waals surface area contributed by atoms with E-state index >= 15 is 0 Å². The molecule has 2 aliphatic carbocycles. The lowest BCUT2D eigenvalue weighted by molar-refractivity contribution is -0.117. The van der Waals surface area contributed by atoms with Crippen molar-refractivity contribution in [2.24, 2.45) is 16.8 Å². The molecule has 0 radical (unpaired) electrons. The summed E-state index contributed by atoms with van der Waals surface area (Å²) in [5.74, 6) is 0.490. The quantitative estimate of drug-likeness (QED) is 0.569. The van der Waals surface area contributed by atoms with E-state index in [1.165, 1.54) is 30.3 Å². The van der Waals surface area contributed by atoms with Crippen molar-refractivity contribution in [1.29, 1.82) is 0 Å². The predicted octanol–water partition coefficient (Wildman–Crippen LogP) is 4.09. The highest BCUT2D eigenvalue weighted by Crippen LogP contribution is 2.39. The summed E-state index contributed by atoms with van der Waals surface area (Å²) in [6, 6.07) is 4.96. The molecule has 1 heterocycles. The smallest absolute Gasteiger partial charge is 0.339 e. The number of rotatable bonds is 5. The Morgan fingerprint density at radius 3 is 2.85 bits per heavy atom. The first-order valence-electron chi connectivity index (χ1n) is 8.86. The van der Waals surface area contributed by atoms with Crippen LogP contribution < -0.4 is 5.32 Å². The zero-order chi connectivity index (χ0) is 19.0. The number of esters is 1. The van der Waals surface area contributed by atoms with Crippen LogP contribution in [0.4, 0.5) is 0 Å². The van der Waals surface area contributed by atoms with Gasteiger partial charge in [-0.25, -0.2) is 4.79 Å². The topological polar surface area (TPSA) is 67.8 Å². The van der Waals surface area contributed by atoms with Gasteiger partial charge in [0, 0.05) is 17.5 Å². The summed E-state index contributed by atoms with van der Waals surface area (Å²) in [5.41, 5.74) is 0.259. The van der Waals surface area contributed by atoms with Crippen LogP contribution in [0.25, 0.3) is 0 Å². The Balaban J connectivity index is 1.24. The molecule has 1 aliphatic heterocycles. The highest BCUT2D eigenvalue weighted by Gasteiger charge is 2.38. The van der Waals surface area contributed by atoms with E-state index in [1.807, 2.05) is 0 Å². The molecule has 3 aliphatic rings. The zero-order valence-corrected chi connectivity index (χ0v) is 16.7. The molecule has 4 rings (SSSR count). The number of thioether (sulfide) groups is 1. The molecule has 27 heavy (non-hydrogen) atoms. The fraction of sp³-hybridized carbons (Fsp3) is 0.421. The molecule has 1 saturated carbocycles. The summed E-state index contributed by atoms with van der Waals surface area (Å²) in [5, 5.41) is 4.47. The molecule has 0 aromatic heterocycles. The van der Waals surface area contributed by atoms with Gasteiger partial charge in [0.2, 0.25) is 0 Å². The minimum Gasteiger partial charge on any atom is -0.462 e. The van der Waals surface area contributed by atoms with Crippen molar-refractivity contribution >= 4 is 52.0 Å². The summed E-state index contributed by atoms with van der Waals surface area (Å²) in [7, 11) is 0. The summed E-state index contributed by atoms with van der Waals surface area (Å²) in [6.07, 6.45) is 7.23. The van der Waals surface area contributed by atoms with Crippen molar-refractivity contribution in [2.45, 2.75) is 30.6 Å². The van der Waals surface area contributed by atoms with Gasteiger partial charge in [0.05, 0.1) is 22.4 Å². The Kier molecular flexibility index (Phi) is 5.48. The third-order valence-corrected chi connectivity index (χ3v) is 6.80. The maximum absolute atomic E-state index is 12.1. The lowest BCUT2D eigenvalue weighted by Crippen LogP contribution is -2.35. The van der Waals surface area contributed by atoms with Crippen LogP contribution in [0, 0.1) is 11.8 Å². The maximum atomic E-state index is 12.1. The van der Waals surface area contributed by atoms with E-state index in [4.69, 9.17) is 27.9 Å². The molecular weight excluding hydrogens is 407 g/mol. The van der Waals surface area contributed by atoms with Gasteiger partial charge in [-0.3, -0.25) is 4.79 Å². The lowest BCUT2D eigenvalue weighted by Gasteiger charge is -2.20. The van der Waals surface area contributed by atoms with E-state index in [0.717, 1.165) is 6.42 Å². The predicted molar refractivity (Wildman–Crippen MR) is 107 cm³/mol. The van der Waals surface area contributed by atoms with Gasteiger partial charge >= 0.3 is 5.97 Å². The molecule has 8 heteroatoms. The van der Waals surface area contributed by atoms with Crippen molar-refractivity contribution in [3.63, 3.8) is 0 Å². The van der Waals surface area contributed by atoms with Crippen LogP contribution in [0.5, 0.6) is 0 Å². The van der Waals surface area contributed by atoms with E-state index < -0.39 is 5.97 Å². The second-order valence-electron chi connectivity index (χ2n) is 6.94. The van der Waals surface area contributed by atoms with E-state index in [9.17, 15) is 9.59 Å². The molecule has 4 unspecified atom stereocenters. The average Bonchev–Trinajstić information content (AvgIpc) is 3.31. The van der Waals surface area contributed by atoms with Gasteiger partial charge < -0.3 is 10.1 Å². The van der Waals surface area contributed by atoms with Gasteiger partial charge in [0.15, 0.2) is 5.17 Å². The van der Waals surface area contributed by atoms with Crippen molar-refractivity contribution in [1.82, 2.24) is 5.32 Å². The van der Waals surface area contributed by atoms with Crippen LogP contribution in [0.1, 0.15) is 29.6 Å². The third-order valence-electron chi connectivity index (χ3n) is 5.09. The Morgan fingerprint density at radius 1 is 1.30 bits per heavy atom. The number of carbonyl (C=O) groups is 2. The highest BCUT2D eigenvalue weighted by molar-refractivity contribution is 8.15. The minimum absolute atomic E-state index is 0.126. The van der Waals surface area contributed by atoms with Crippen LogP contribution >= 0.6 is 35.0 Å². The van der Waals surface area contributed by atoms with Crippen LogP contribution in [0.2, 0.25) is 10.0 Å². The Bertz CT molecular complexity index is 842. The molecule has 142 valence electrons. The van der Waals surface area contributed by atoms with Gasteiger partial charge in [0.1, 0.15) is 0 Å². The van der Waals surface area contributed by atoms with Crippen molar-refractivity contribution in [2.75, 3.05) is 6.61 Å². The first kappa shape index (κ1) is 18.8. The van der Waals surface area contributed by atoms with Crippen LogP contribution in [-0.4, -0.2) is 34.9 Å². The molecule has 1 aromatic carbocycles. The SMILES string of the molecule is O=C(OCCC1SC(NC2CC3C=CC2C3)=NC1=O)c1ccc(Cl)cc1Cl. The van der Waals surface area contributed by atoms with Gasteiger partial charge in [-0.05, 0) is 42.9 Å². The number of benzene rings is 1. The van der Waals surface area contributed by atoms with Crippen molar-refractivity contribution < 1.29 is 14.3 Å². The number of amidine groups is 1. The number of aliphatic imine (C=N–C) groups is 1. The number of nitrogens with one attached hydrogen (secondary N) is 1. The van der Waals surface area contributed by atoms with Crippen LogP contribution in [0.3, 0.4) is 0 Å². The lowest BCUT2D eigenvalue weighted by atomic mass is 10.0. The molecule has 1 aromatic rings. The number of hydrogen-bond donors (Lipinski definition) is 1. The number of ether oxygens (including phenoxy) is 1. The number of halogens is 2. The molecule has 5 nitrogen and oxygen atoms in total. The summed E-state index contributed by atoms with van der Waals surface area (Å²) in [4.78, 5) is 28.4. The summed E-state index contributed by atoms with van der Waals surface area (Å²) in [6.45, 7) is 0.126. The number of amides is 1. The highest BCUT2D eigenvalue weighted by atomic mass is 35.5. The molecule has 1 N–H and O–H groups in total. The standard InChI is InChI=1S/C19H18Cl2N2O3S/c20-12-3-4-13(14(21)9-12)18(25)26-6-5-16-17(24)23-19(27-16)22-15-8-10-1-2-11(15)7-10/h1-4,9-11,15-16H,5-8H2,(H,22,23,24). The van der Waals surface area contributed by atoms with Gasteiger partial charge in [-0.2, -0.15) is 4.99 Å². The number of fused-ring (bicyclic) bond motifs is 2. The Labute approximate surface area is 171 Å². The van der Waals surface area contributed by atoms with E-state index in [1.54, 1.807) is 6.07 Å². The minimum atomic E-state index is -0.528. The fourth-order valence-corrected chi connectivity index (χ4v) is 5.21. The maximum Gasteiger partial charge on any atom is 0.339 e. The van der Waals surface area contributed by atoms with Crippen molar-refractivity contribution in [3.8, 4) is 0 Å². The molecule has 1 fully saturated rings. The second-order valence-corrected chi connectivity index (χ2v) is 8.98. The molecule has 2 bridgehead atoms. The van der Waals surface area contributed by atoms with E-state index in [2.05, 4.69) is 22.5 Å². The summed E-state index contributed by atoms with van der Waals surface area (Å²) < 4.78 is 5.26. The molecule has 0 saturated heterocycles. The summed E-state index contributed by atoms with van der Waals surface area (Å²) >= 11 is 13.2. The fourth-order valence-electron chi connectivity index (χ4n) is 3.73. The Morgan fingerprint density at radius 2 is 2.15 bits per heavy atom. The van der Waals surface area contributed by atoms with E-state index in [-0.39, 0.29) is 28.4 Å². The number of carbonyl (C=O) groups excluding carboxylic acids is 2. The molecule has 1 amide bonds. The van der Waals surface area contributed by atoms with Gasteiger partial charge in [-0.1, -0.05) is 47.1 Å². The van der Waals surface area contributed by atoms with Crippen LogP contribution in [0.15, 0.2) is 35.3 Å². The average molecular weight is 425 g/mol. The first-order chi connectivity index (χ1) is 13.0. The number of nitrogens with zero attached hydrogens (tertiary/aromatic N) is 1. The monoisotopic (exact) mass is 424 g/mol. The largest absolute Gasteiger partial charge is 0.462 e. The molecular formula is C19H18Cl2N2O3S. The normalized spacial score (nSPS) is 28.5. The molecule has 4 atom stereocenters. The van der Waals surface area contributed by atoms with Crippen molar-refractivity contribution in [3.05, 3.63) is 46.0 Å². The van der Waals surface area contributed by atoms with Gasteiger partial charge in [0.25, 0.3) is 5.91 Å². The van der Waals surface area contributed by atoms with Gasteiger partial charge in [-0.15, -0.1) is 0 Å². The first-order valence-corrected chi connectivity index (χ1v) is 10.5. The van der Waals surface area contributed by atoms with E-state index in [0.29, 0.717) is 34.5 Å². The second kappa shape index (κ2) is 7.86. The number of hydrogen-bond acceptors (Lipinski definition) is 5. The third kappa shape index (κ3) is 4.18. The Hall–Kier alpha value is -1.50. The molecule has 0 spiro atoms. The zero-order valence-electron chi connectivity index (χ0n) is 14.4. The number of allylic oxidation sites excluding steroid dienone is 1.